The molecule has 0 radical (unpaired) electrons. The third-order valence-electron chi connectivity index (χ3n) is 2.70. The number of hydrogen-bond acceptors (Lipinski definition) is 3. The third-order valence-corrected chi connectivity index (χ3v) is 3.73. The number of thiophene rings is 1. The van der Waals surface area contributed by atoms with Crippen LogP contribution in [0.2, 0.25) is 0 Å². The maximum atomic E-state index is 11.5. The second-order valence-electron chi connectivity index (χ2n) is 4.85. The van der Waals surface area contributed by atoms with E-state index in [0.717, 1.165) is 12.5 Å². The molecule has 3 N–H and O–H groups in total. The topological polar surface area (TPSA) is 65.5 Å². The first-order valence-electron chi connectivity index (χ1n) is 6.79. The van der Waals surface area contributed by atoms with Crippen molar-refractivity contribution in [3.05, 3.63) is 21.9 Å². The highest BCUT2D eigenvalue weighted by atomic mass is 127. The van der Waals surface area contributed by atoms with E-state index in [0.29, 0.717) is 13.0 Å². The molecule has 1 rings (SSSR count). The second kappa shape index (κ2) is 10.8. The molecule has 0 aromatic carbocycles. The lowest BCUT2D eigenvalue weighted by atomic mass is 10.3. The predicted octanol–water partition coefficient (Wildman–Crippen LogP) is 2.25. The molecule has 0 aliphatic heterocycles. The lowest BCUT2D eigenvalue weighted by Gasteiger charge is -2.12. The quantitative estimate of drug-likeness (QED) is 0.373. The minimum Gasteiger partial charge on any atom is -0.356 e. The highest BCUT2D eigenvalue weighted by Gasteiger charge is 2.05. The van der Waals surface area contributed by atoms with E-state index in [-0.39, 0.29) is 35.9 Å². The van der Waals surface area contributed by atoms with E-state index < -0.39 is 0 Å². The van der Waals surface area contributed by atoms with Crippen molar-refractivity contribution in [3.8, 4) is 0 Å². The van der Waals surface area contributed by atoms with Gasteiger partial charge >= 0.3 is 0 Å². The molecule has 1 heterocycles. The summed E-state index contributed by atoms with van der Waals surface area (Å²) < 4.78 is 0. The zero-order valence-corrected chi connectivity index (χ0v) is 16.2. The van der Waals surface area contributed by atoms with Crippen molar-refractivity contribution >= 4 is 47.2 Å². The van der Waals surface area contributed by atoms with E-state index in [9.17, 15) is 4.79 Å². The van der Waals surface area contributed by atoms with Crippen LogP contribution in [-0.4, -0.2) is 31.5 Å². The molecule has 0 fully saturated rings. The van der Waals surface area contributed by atoms with Gasteiger partial charge < -0.3 is 16.0 Å². The number of guanidine groups is 1. The number of halogens is 1. The standard InChI is InChI=1S/C14H24N4OS.HI/c1-10(2)18-13(19)5-7-16-14(15-4)17-9-12-11(3)6-8-20-12;/h6,8,10H,5,7,9H2,1-4H3,(H,18,19)(H2,15,16,17);1H. The molecule has 0 unspecified atom stereocenters. The Morgan fingerprint density at radius 3 is 2.62 bits per heavy atom. The Labute approximate surface area is 148 Å². The van der Waals surface area contributed by atoms with E-state index in [1.807, 2.05) is 13.8 Å². The van der Waals surface area contributed by atoms with Gasteiger partial charge in [-0.05, 0) is 37.8 Å². The average Bonchev–Trinajstić information content (AvgIpc) is 2.78. The minimum absolute atomic E-state index is 0. The number of hydrogen-bond donors (Lipinski definition) is 3. The smallest absolute Gasteiger partial charge is 0.221 e. The maximum absolute atomic E-state index is 11.5. The van der Waals surface area contributed by atoms with Crippen LogP contribution < -0.4 is 16.0 Å². The van der Waals surface area contributed by atoms with Crippen molar-refractivity contribution in [1.82, 2.24) is 16.0 Å². The molecule has 21 heavy (non-hydrogen) atoms. The molecule has 1 aromatic heterocycles. The molecule has 0 saturated heterocycles. The van der Waals surface area contributed by atoms with Crippen LogP contribution in [0.4, 0.5) is 0 Å². The lowest BCUT2D eigenvalue weighted by Crippen LogP contribution is -2.39. The molecule has 0 saturated carbocycles. The van der Waals surface area contributed by atoms with E-state index in [2.05, 4.69) is 39.3 Å². The Balaban J connectivity index is 0.00000400. The van der Waals surface area contributed by atoms with Gasteiger partial charge in [-0.25, -0.2) is 0 Å². The molecule has 1 amide bonds. The molecule has 5 nitrogen and oxygen atoms in total. The Kier molecular flexibility index (Phi) is 10.4. The van der Waals surface area contributed by atoms with Gasteiger partial charge in [0, 0.05) is 30.9 Å². The van der Waals surface area contributed by atoms with Crippen LogP contribution in [0.3, 0.4) is 0 Å². The Bertz CT molecular complexity index is 460. The van der Waals surface area contributed by atoms with Crippen LogP contribution in [0.5, 0.6) is 0 Å². The fourth-order valence-corrected chi connectivity index (χ4v) is 2.50. The van der Waals surface area contributed by atoms with Gasteiger partial charge in [0.15, 0.2) is 5.96 Å². The number of aliphatic imine (C=N–C) groups is 1. The van der Waals surface area contributed by atoms with Gasteiger partial charge in [0.1, 0.15) is 0 Å². The first-order valence-corrected chi connectivity index (χ1v) is 7.67. The van der Waals surface area contributed by atoms with Crippen molar-refractivity contribution in [2.45, 2.75) is 39.8 Å². The Morgan fingerprint density at radius 1 is 1.38 bits per heavy atom. The molecule has 0 aliphatic rings. The van der Waals surface area contributed by atoms with Crippen molar-refractivity contribution in [2.24, 2.45) is 4.99 Å². The Hall–Kier alpha value is -0.830. The number of nitrogens with one attached hydrogen (secondary N) is 3. The van der Waals surface area contributed by atoms with Crippen LogP contribution in [-0.2, 0) is 11.3 Å². The third kappa shape index (κ3) is 8.25. The summed E-state index contributed by atoms with van der Waals surface area (Å²) in [5.74, 6) is 0.771. The maximum Gasteiger partial charge on any atom is 0.221 e. The summed E-state index contributed by atoms with van der Waals surface area (Å²) in [6, 6.07) is 2.29. The van der Waals surface area contributed by atoms with E-state index in [1.165, 1.54) is 10.4 Å². The van der Waals surface area contributed by atoms with Gasteiger partial charge in [-0.15, -0.1) is 35.3 Å². The monoisotopic (exact) mass is 424 g/mol. The van der Waals surface area contributed by atoms with Crippen molar-refractivity contribution in [3.63, 3.8) is 0 Å². The van der Waals surface area contributed by atoms with Gasteiger partial charge in [-0.3, -0.25) is 9.79 Å². The molecular weight excluding hydrogens is 399 g/mol. The van der Waals surface area contributed by atoms with E-state index in [1.54, 1.807) is 18.4 Å². The van der Waals surface area contributed by atoms with Gasteiger partial charge in [0.2, 0.25) is 5.91 Å². The van der Waals surface area contributed by atoms with E-state index >= 15 is 0 Å². The highest BCUT2D eigenvalue weighted by molar-refractivity contribution is 14.0. The summed E-state index contributed by atoms with van der Waals surface area (Å²) in [6.07, 6.45) is 0.441. The highest BCUT2D eigenvalue weighted by Crippen LogP contribution is 2.14. The zero-order chi connectivity index (χ0) is 15.0. The molecule has 1 aromatic rings. The molecule has 120 valence electrons. The molecule has 0 spiro atoms. The summed E-state index contributed by atoms with van der Waals surface area (Å²) in [7, 11) is 1.73. The van der Waals surface area contributed by atoms with Gasteiger partial charge in [0.05, 0.1) is 6.54 Å². The zero-order valence-electron chi connectivity index (χ0n) is 13.0. The minimum atomic E-state index is 0. The van der Waals surface area contributed by atoms with Crippen LogP contribution >= 0.6 is 35.3 Å². The van der Waals surface area contributed by atoms with Crippen molar-refractivity contribution < 1.29 is 4.79 Å². The van der Waals surface area contributed by atoms with Crippen LogP contribution in [0.25, 0.3) is 0 Å². The average molecular weight is 424 g/mol. The first-order chi connectivity index (χ1) is 9.52. The predicted molar refractivity (Wildman–Crippen MR) is 101 cm³/mol. The fourth-order valence-electron chi connectivity index (χ4n) is 1.66. The van der Waals surface area contributed by atoms with Gasteiger partial charge in [-0.1, -0.05) is 0 Å². The van der Waals surface area contributed by atoms with E-state index in [4.69, 9.17) is 0 Å². The molecule has 7 heteroatoms. The van der Waals surface area contributed by atoms with Gasteiger partial charge in [-0.2, -0.15) is 0 Å². The SMILES string of the molecule is CN=C(NCCC(=O)NC(C)C)NCc1sccc1C.I. The number of amides is 1. The summed E-state index contributed by atoms with van der Waals surface area (Å²) in [6.45, 7) is 7.33. The normalized spacial score (nSPS) is 11.0. The van der Waals surface area contributed by atoms with Crippen LogP contribution in [0.15, 0.2) is 16.4 Å². The summed E-state index contributed by atoms with van der Waals surface area (Å²) in [4.78, 5) is 16.9. The van der Waals surface area contributed by atoms with Crippen molar-refractivity contribution in [2.75, 3.05) is 13.6 Å². The molecular formula is C14H25IN4OS. The molecule has 0 atom stereocenters. The Morgan fingerprint density at radius 2 is 2.10 bits per heavy atom. The van der Waals surface area contributed by atoms with Crippen LogP contribution in [0, 0.1) is 6.92 Å². The number of carbonyl (C=O) groups is 1. The first kappa shape index (κ1) is 20.2. The number of rotatable bonds is 6. The fraction of sp³-hybridized carbons (Fsp3) is 0.571. The molecule has 0 bridgehead atoms. The summed E-state index contributed by atoms with van der Waals surface area (Å²) >= 11 is 1.73. The molecule has 0 aliphatic carbocycles. The largest absolute Gasteiger partial charge is 0.356 e. The number of nitrogens with zero attached hydrogens (tertiary/aromatic N) is 1. The second-order valence-corrected chi connectivity index (χ2v) is 5.85. The number of carbonyl (C=O) groups excluding carboxylic acids is 1. The summed E-state index contributed by atoms with van der Waals surface area (Å²) in [5, 5.41) is 11.3. The number of aryl methyl sites for hydroxylation is 1. The lowest BCUT2D eigenvalue weighted by molar-refractivity contribution is -0.121. The summed E-state index contributed by atoms with van der Waals surface area (Å²) in [5.41, 5.74) is 1.29. The van der Waals surface area contributed by atoms with Gasteiger partial charge in [0.25, 0.3) is 0 Å². The van der Waals surface area contributed by atoms with Crippen LogP contribution in [0.1, 0.15) is 30.7 Å². The van der Waals surface area contributed by atoms with Crippen molar-refractivity contribution in [1.29, 1.82) is 0 Å².